The molecule has 2 nitrogen and oxygen atoms in total. The van der Waals surface area contributed by atoms with Crippen LogP contribution in [-0.4, -0.2) is 35.8 Å². The Balaban J connectivity index is 2.44. The Morgan fingerprint density at radius 3 is 1.14 bits per heavy atom. The van der Waals surface area contributed by atoms with Crippen LogP contribution in [0.2, 0.25) is 0 Å². The van der Waals surface area contributed by atoms with E-state index >= 15 is 0 Å². The Bertz CT molecular complexity index is 257. The van der Waals surface area contributed by atoms with E-state index in [1.807, 2.05) is 0 Å². The summed E-state index contributed by atoms with van der Waals surface area (Å²) in [6, 6.07) is 0. The predicted octanol–water partition coefficient (Wildman–Crippen LogP) is 6.23. The van der Waals surface area contributed by atoms with Crippen molar-refractivity contribution in [1.82, 2.24) is 0 Å². The van der Waals surface area contributed by atoms with Crippen LogP contribution in [0.1, 0.15) is 68.2 Å². The van der Waals surface area contributed by atoms with Gasteiger partial charge in [-0.1, -0.05) is 55.4 Å². The Kier molecular flexibility index (Phi) is 8.10. The lowest BCUT2D eigenvalue weighted by molar-refractivity contribution is 0.176. The zero-order valence-electron chi connectivity index (χ0n) is 15.3. The van der Waals surface area contributed by atoms with Gasteiger partial charge in [-0.05, 0) is 35.5 Å². The average Bonchev–Trinajstić information content (AvgIpc) is 3.08. The van der Waals surface area contributed by atoms with E-state index in [-0.39, 0.29) is 16.3 Å². The van der Waals surface area contributed by atoms with Crippen molar-refractivity contribution in [1.29, 1.82) is 0 Å². The van der Waals surface area contributed by atoms with E-state index < -0.39 is 0 Å². The molecule has 0 bridgehead atoms. The highest BCUT2D eigenvalue weighted by molar-refractivity contribution is 7.54. The van der Waals surface area contributed by atoms with Gasteiger partial charge < -0.3 is 9.05 Å². The van der Waals surface area contributed by atoms with Crippen LogP contribution in [0.3, 0.4) is 0 Å². The van der Waals surface area contributed by atoms with E-state index in [1.54, 1.807) is 0 Å². The SMILES string of the molecule is CC(C)P(OCC1(COP(C(C)C)C(C)C)CC1)C(C)C. The van der Waals surface area contributed by atoms with Gasteiger partial charge in [-0.25, -0.2) is 0 Å². The van der Waals surface area contributed by atoms with Gasteiger partial charge in [0.25, 0.3) is 0 Å². The topological polar surface area (TPSA) is 18.5 Å². The van der Waals surface area contributed by atoms with Crippen molar-refractivity contribution in [3.63, 3.8) is 0 Å². The summed E-state index contributed by atoms with van der Waals surface area (Å²) >= 11 is 0. The molecule has 0 atom stereocenters. The molecule has 4 heteroatoms. The summed E-state index contributed by atoms with van der Waals surface area (Å²) in [5, 5.41) is 0. The van der Waals surface area contributed by atoms with Gasteiger partial charge in [0.15, 0.2) is 0 Å². The molecule has 0 unspecified atom stereocenters. The van der Waals surface area contributed by atoms with Gasteiger partial charge in [-0.15, -0.1) is 0 Å². The van der Waals surface area contributed by atoms with Gasteiger partial charge in [0.05, 0.1) is 13.2 Å². The fourth-order valence-corrected chi connectivity index (χ4v) is 7.14. The molecule has 0 amide bonds. The smallest absolute Gasteiger partial charge is 0.0587 e. The molecular formula is C17H36O2P2. The molecule has 0 aromatic heterocycles. The van der Waals surface area contributed by atoms with Crippen LogP contribution in [0.15, 0.2) is 0 Å². The summed E-state index contributed by atoms with van der Waals surface area (Å²) in [6.45, 7) is 20.1. The van der Waals surface area contributed by atoms with Crippen molar-refractivity contribution >= 4 is 16.3 Å². The molecule has 21 heavy (non-hydrogen) atoms. The van der Waals surface area contributed by atoms with Gasteiger partial charge >= 0.3 is 0 Å². The normalized spacial score (nSPS) is 18.0. The van der Waals surface area contributed by atoms with Crippen LogP contribution in [0.4, 0.5) is 0 Å². The second-order valence-electron chi connectivity index (χ2n) is 7.64. The molecule has 0 saturated heterocycles. The van der Waals surface area contributed by atoms with Crippen LogP contribution in [0.5, 0.6) is 0 Å². The van der Waals surface area contributed by atoms with Gasteiger partial charge in [-0.3, -0.25) is 0 Å². The van der Waals surface area contributed by atoms with E-state index in [9.17, 15) is 0 Å². The third kappa shape index (κ3) is 6.42. The quantitative estimate of drug-likeness (QED) is 0.441. The van der Waals surface area contributed by atoms with Crippen molar-refractivity contribution in [2.75, 3.05) is 13.2 Å². The summed E-state index contributed by atoms with van der Waals surface area (Å²) in [6.07, 6.45) is 2.57. The Morgan fingerprint density at radius 2 is 0.952 bits per heavy atom. The minimum atomic E-state index is -0.304. The molecular weight excluding hydrogens is 298 g/mol. The lowest BCUT2D eigenvalue weighted by Gasteiger charge is -2.30. The van der Waals surface area contributed by atoms with E-state index in [2.05, 4.69) is 55.4 Å². The second kappa shape index (κ2) is 8.58. The second-order valence-corrected chi connectivity index (χ2v) is 13.7. The highest BCUT2D eigenvalue weighted by Crippen LogP contribution is 2.56. The lowest BCUT2D eigenvalue weighted by atomic mass is 10.1. The van der Waals surface area contributed by atoms with Crippen molar-refractivity contribution in [2.24, 2.45) is 5.41 Å². The summed E-state index contributed by atoms with van der Waals surface area (Å²) < 4.78 is 12.7. The Labute approximate surface area is 135 Å². The standard InChI is InChI=1S/C17H36O2P2/c1-13(2)20(14(3)4)18-11-17(9-10-17)12-19-21(15(5)6)16(7)8/h13-16H,9-12H2,1-8H3. The molecule has 1 aliphatic rings. The first-order chi connectivity index (χ1) is 9.68. The van der Waals surface area contributed by atoms with Crippen molar-refractivity contribution in [3.8, 4) is 0 Å². The molecule has 0 aliphatic heterocycles. The summed E-state index contributed by atoms with van der Waals surface area (Å²) in [5.74, 6) is 0. The van der Waals surface area contributed by atoms with Crippen LogP contribution < -0.4 is 0 Å². The van der Waals surface area contributed by atoms with Gasteiger partial charge in [0, 0.05) is 21.7 Å². The van der Waals surface area contributed by atoms with Crippen molar-refractivity contribution in [3.05, 3.63) is 0 Å². The molecule has 1 saturated carbocycles. The minimum absolute atomic E-state index is 0.304. The first kappa shape index (κ1) is 19.8. The molecule has 1 aliphatic carbocycles. The number of hydrogen-bond acceptors (Lipinski definition) is 2. The molecule has 0 N–H and O–H groups in total. The number of hydrogen-bond donors (Lipinski definition) is 0. The van der Waals surface area contributed by atoms with Crippen molar-refractivity contribution < 1.29 is 9.05 Å². The largest absolute Gasteiger partial charge is 0.358 e. The fourth-order valence-electron chi connectivity index (χ4n) is 2.72. The maximum absolute atomic E-state index is 6.34. The summed E-state index contributed by atoms with van der Waals surface area (Å²) in [5.41, 5.74) is 2.95. The first-order valence-corrected chi connectivity index (χ1v) is 11.3. The van der Waals surface area contributed by atoms with E-state index in [1.165, 1.54) is 12.8 Å². The summed E-state index contributed by atoms with van der Waals surface area (Å²) in [7, 11) is -0.608. The van der Waals surface area contributed by atoms with E-state index in [4.69, 9.17) is 9.05 Å². The van der Waals surface area contributed by atoms with E-state index in [0.29, 0.717) is 28.1 Å². The molecule has 0 aromatic carbocycles. The average molecular weight is 334 g/mol. The minimum Gasteiger partial charge on any atom is -0.358 e. The third-order valence-electron chi connectivity index (χ3n) is 4.03. The maximum atomic E-state index is 6.34. The zero-order chi connectivity index (χ0) is 16.2. The monoisotopic (exact) mass is 334 g/mol. The number of rotatable bonds is 10. The van der Waals surface area contributed by atoms with Crippen molar-refractivity contribution in [2.45, 2.75) is 90.9 Å². The van der Waals surface area contributed by atoms with Gasteiger partial charge in [0.1, 0.15) is 0 Å². The third-order valence-corrected chi connectivity index (χ3v) is 8.96. The highest BCUT2D eigenvalue weighted by Gasteiger charge is 2.45. The first-order valence-electron chi connectivity index (χ1n) is 8.51. The molecule has 0 radical (unpaired) electrons. The van der Waals surface area contributed by atoms with Crippen LogP contribution in [-0.2, 0) is 9.05 Å². The maximum Gasteiger partial charge on any atom is 0.0587 e. The molecule has 126 valence electrons. The fraction of sp³-hybridized carbons (Fsp3) is 1.00. The Morgan fingerprint density at radius 1 is 0.667 bits per heavy atom. The molecule has 0 spiro atoms. The zero-order valence-corrected chi connectivity index (χ0v) is 17.1. The Hall–Kier alpha value is 0.780. The lowest BCUT2D eigenvalue weighted by Crippen LogP contribution is -2.19. The highest BCUT2D eigenvalue weighted by atomic mass is 31.1. The van der Waals surface area contributed by atoms with Crippen LogP contribution >= 0.6 is 16.3 Å². The van der Waals surface area contributed by atoms with Crippen LogP contribution in [0.25, 0.3) is 0 Å². The van der Waals surface area contributed by atoms with Gasteiger partial charge in [0.2, 0.25) is 0 Å². The van der Waals surface area contributed by atoms with Gasteiger partial charge in [-0.2, -0.15) is 0 Å². The predicted molar refractivity (Wildman–Crippen MR) is 98.0 cm³/mol. The van der Waals surface area contributed by atoms with E-state index in [0.717, 1.165) is 13.2 Å². The van der Waals surface area contributed by atoms with Crippen LogP contribution in [0, 0.1) is 5.41 Å². The molecule has 0 aromatic rings. The summed E-state index contributed by atoms with van der Waals surface area (Å²) in [4.78, 5) is 0. The molecule has 0 heterocycles. The molecule has 1 rings (SSSR count). The molecule has 1 fully saturated rings.